The van der Waals surface area contributed by atoms with Crippen molar-refractivity contribution in [3.63, 3.8) is 0 Å². The SMILES string of the molecule is Cc1nncn1-c1ccccc1CN(C)C. The van der Waals surface area contributed by atoms with Crippen LogP contribution in [0.2, 0.25) is 0 Å². The quantitative estimate of drug-likeness (QED) is 0.782. The average molecular weight is 216 g/mol. The summed E-state index contributed by atoms with van der Waals surface area (Å²) in [7, 11) is 4.13. The van der Waals surface area contributed by atoms with Gasteiger partial charge in [-0.05, 0) is 32.6 Å². The summed E-state index contributed by atoms with van der Waals surface area (Å²) in [6, 6.07) is 8.32. The highest BCUT2D eigenvalue weighted by molar-refractivity contribution is 5.41. The molecule has 16 heavy (non-hydrogen) atoms. The number of rotatable bonds is 3. The fourth-order valence-electron chi connectivity index (χ4n) is 1.75. The highest BCUT2D eigenvalue weighted by Crippen LogP contribution is 2.16. The second-order valence-electron chi connectivity index (χ2n) is 4.11. The van der Waals surface area contributed by atoms with Crippen molar-refractivity contribution < 1.29 is 0 Å². The highest BCUT2D eigenvalue weighted by Gasteiger charge is 2.07. The zero-order valence-corrected chi connectivity index (χ0v) is 9.88. The Morgan fingerprint density at radius 2 is 2.00 bits per heavy atom. The lowest BCUT2D eigenvalue weighted by molar-refractivity contribution is 0.402. The van der Waals surface area contributed by atoms with Crippen LogP contribution in [0.1, 0.15) is 11.4 Å². The van der Waals surface area contributed by atoms with Gasteiger partial charge in [-0.15, -0.1) is 10.2 Å². The van der Waals surface area contributed by atoms with Crippen LogP contribution in [-0.2, 0) is 6.54 Å². The summed E-state index contributed by atoms with van der Waals surface area (Å²) in [4.78, 5) is 2.15. The molecule has 1 aromatic carbocycles. The lowest BCUT2D eigenvalue weighted by atomic mass is 10.1. The van der Waals surface area contributed by atoms with Crippen molar-refractivity contribution >= 4 is 0 Å². The predicted octanol–water partition coefficient (Wildman–Crippen LogP) is 1.64. The van der Waals surface area contributed by atoms with Crippen LogP contribution < -0.4 is 0 Å². The Morgan fingerprint density at radius 3 is 2.62 bits per heavy atom. The summed E-state index contributed by atoms with van der Waals surface area (Å²) in [5.74, 6) is 0.909. The Kier molecular flexibility index (Phi) is 3.01. The molecule has 0 aliphatic carbocycles. The van der Waals surface area contributed by atoms with Gasteiger partial charge in [0.1, 0.15) is 12.2 Å². The molecule has 1 heterocycles. The number of hydrogen-bond donors (Lipinski definition) is 0. The maximum Gasteiger partial charge on any atom is 0.134 e. The van der Waals surface area contributed by atoms with Gasteiger partial charge in [-0.3, -0.25) is 4.57 Å². The maximum absolute atomic E-state index is 4.01. The first kappa shape index (κ1) is 10.8. The molecule has 0 atom stereocenters. The van der Waals surface area contributed by atoms with Crippen molar-refractivity contribution in [3.8, 4) is 5.69 Å². The standard InChI is InChI=1S/C12H16N4/c1-10-14-13-9-16(10)12-7-5-4-6-11(12)8-15(2)3/h4-7,9H,8H2,1-3H3. The zero-order valence-electron chi connectivity index (χ0n) is 9.88. The van der Waals surface area contributed by atoms with Crippen LogP contribution in [0.4, 0.5) is 0 Å². The van der Waals surface area contributed by atoms with Crippen molar-refractivity contribution in [1.29, 1.82) is 0 Å². The molecule has 0 fully saturated rings. The van der Waals surface area contributed by atoms with Crippen LogP contribution in [0.25, 0.3) is 5.69 Å². The maximum atomic E-state index is 4.01. The number of para-hydroxylation sites is 1. The molecule has 84 valence electrons. The van der Waals surface area contributed by atoms with Gasteiger partial charge in [-0.25, -0.2) is 0 Å². The zero-order chi connectivity index (χ0) is 11.5. The molecule has 1 aromatic heterocycles. The first-order valence-electron chi connectivity index (χ1n) is 5.28. The van der Waals surface area contributed by atoms with E-state index in [4.69, 9.17) is 0 Å². The van der Waals surface area contributed by atoms with Gasteiger partial charge in [0, 0.05) is 6.54 Å². The normalized spacial score (nSPS) is 11.0. The van der Waals surface area contributed by atoms with Gasteiger partial charge in [0.25, 0.3) is 0 Å². The van der Waals surface area contributed by atoms with Gasteiger partial charge < -0.3 is 4.90 Å². The van der Waals surface area contributed by atoms with E-state index in [2.05, 4.69) is 47.4 Å². The molecule has 2 rings (SSSR count). The van der Waals surface area contributed by atoms with Gasteiger partial charge in [-0.2, -0.15) is 0 Å². The van der Waals surface area contributed by atoms with Gasteiger partial charge >= 0.3 is 0 Å². The summed E-state index contributed by atoms with van der Waals surface area (Å²) in [5, 5.41) is 7.93. The van der Waals surface area contributed by atoms with Crippen LogP contribution in [-0.4, -0.2) is 33.8 Å². The average Bonchev–Trinajstić information content (AvgIpc) is 2.64. The molecule has 0 aliphatic rings. The minimum Gasteiger partial charge on any atom is -0.305 e. The van der Waals surface area contributed by atoms with Crippen molar-refractivity contribution in [2.75, 3.05) is 14.1 Å². The van der Waals surface area contributed by atoms with E-state index in [9.17, 15) is 0 Å². The first-order chi connectivity index (χ1) is 7.68. The van der Waals surface area contributed by atoms with E-state index in [1.165, 1.54) is 5.56 Å². The topological polar surface area (TPSA) is 34.0 Å². The van der Waals surface area contributed by atoms with Crippen molar-refractivity contribution in [2.24, 2.45) is 0 Å². The molecule has 2 aromatic rings. The van der Waals surface area contributed by atoms with Gasteiger partial charge in [0.05, 0.1) is 5.69 Å². The largest absolute Gasteiger partial charge is 0.305 e. The Hall–Kier alpha value is -1.68. The van der Waals surface area contributed by atoms with E-state index >= 15 is 0 Å². The monoisotopic (exact) mass is 216 g/mol. The van der Waals surface area contributed by atoms with E-state index in [1.54, 1.807) is 6.33 Å². The second-order valence-corrected chi connectivity index (χ2v) is 4.11. The summed E-state index contributed by atoms with van der Waals surface area (Å²) in [5.41, 5.74) is 2.43. The van der Waals surface area contributed by atoms with Gasteiger partial charge in [-0.1, -0.05) is 18.2 Å². The molecule has 0 amide bonds. The molecular formula is C12H16N4. The van der Waals surface area contributed by atoms with E-state index in [0.717, 1.165) is 18.1 Å². The van der Waals surface area contributed by atoms with Crippen LogP contribution in [0, 0.1) is 6.92 Å². The third-order valence-electron chi connectivity index (χ3n) is 2.46. The molecule has 0 saturated carbocycles. The summed E-state index contributed by atoms with van der Waals surface area (Å²) < 4.78 is 2.01. The van der Waals surface area contributed by atoms with Crippen LogP contribution in [0.15, 0.2) is 30.6 Å². The van der Waals surface area contributed by atoms with Crippen molar-refractivity contribution in [2.45, 2.75) is 13.5 Å². The Bertz CT molecular complexity index is 473. The fourth-order valence-corrected chi connectivity index (χ4v) is 1.75. The molecule has 0 radical (unpaired) electrons. The fraction of sp³-hybridized carbons (Fsp3) is 0.333. The van der Waals surface area contributed by atoms with E-state index in [0.29, 0.717) is 0 Å². The van der Waals surface area contributed by atoms with Crippen LogP contribution in [0.5, 0.6) is 0 Å². The molecule has 0 aliphatic heterocycles. The number of aromatic nitrogens is 3. The van der Waals surface area contributed by atoms with Crippen LogP contribution >= 0.6 is 0 Å². The third-order valence-corrected chi connectivity index (χ3v) is 2.46. The molecule has 4 heteroatoms. The minimum atomic E-state index is 0.909. The summed E-state index contributed by atoms with van der Waals surface area (Å²) in [6.07, 6.45) is 1.75. The first-order valence-corrected chi connectivity index (χ1v) is 5.28. The predicted molar refractivity (Wildman–Crippen MR) is 63.5 cm³/mol. The smallest absolute Gasteiger partial charge is 0.134 e. The van der Waals surface area contributed by atoms with Gasteiger partial charge in [0.2, 0.25) is 0 Å². The lowest BCUT2D eigenvalue weighted by Gasteiger charge is -2.14. The number of benzene rings is 1. The Labute approximate surface area is 95.5 Å². The van der Waals surface area contributed by atoms with Crippen LogP contribution in [0.3, 0.4) is 0 Å². The number of nitrogens with zero attached hydrogens (tertiary/aromatic N) is 4. The van der Waals surface area contributed by atoms with Crippen molar-refractivity contribution in [3.05, 3.63) is 42.0 Å². The number of hydrogen-bond acceptors (Lipinski definition) is 3. The molecule has 0 bridgehead atoms. The second kappa shape index (κ2) is 4.45. The Balaban J connectivity index is 2.44. The molecule has 0 saturated heterocycles. The number of aryl methyl sites for hydroxylation is 1. The van der Waals surface area contributed by atoms with Crippen molar-refractivity contribution in [1.82, 2.24) is 19.7 Å². The van der Waals surface area contributed by atoms with Gasteiger partial charge in [0.15, 0.2) is 0 Å². The summed E-state index contributed by atoms with van der Waals surface area (Å²) >= 11 is 0. The minimum absolute atomic E-state index is 0.909. The van der Waals surface area contributed by atoms with E-state index in [-0.39, 0.29) is 0 Å². The van der Waals surface area contributed by atoms with E-state index in [1.807, 2.05) is 17.6 Å². The molecular weight excluding hydrogens is 200 g/mol. The lowest BCUT2D eigenvalue weighted by Crippen LogP contribution is -2.13. The Morgan fingerprint density at radius 1 is 1.25 bits per heavy atom. The highest BCUT2D eigenvalue weighted by atomic mass is 15.3. The molecule has 0 N–H and O–H groups in total. The van der Waals surface area contributed by atoms with E-state index < -0.39 is 0 Å². The summed E-state index contributed by atoms with van der Waals surface area (Å²) in [6.45, 7) is 2.87. The third kappa shape index (κ3) is 2.12. The molecule has 4 nitrogen and oxygen atoms in total. The molecule has 0 spiro atoms. The molecule has 0 unspecified atom stereocenters.